The minimum absolute atomic E-state index is 0.0127. The standard InChI is InChI=1S/C22H16F4N6O3/c23-13-7-8-14(17(12-13)32-27-9-10-28-32)21(33)31-11-3-5-16(31)20-29-19(30-35-20)15-4-1-2-6-18(15)34-22(24,25)26/h1-2,4,6-10,12,16H,3,5,11H2/t16-/m0/s1. The van der Waals surface area contributed by atoms with Crippen LogP contribution in [0, 0.1) is 5.82 Å². The lowest BCUT2D eigenvalue weighted by molar-refractivity contribution is -0.274. The largest absolute Gasteiger partial charge is 0.573 e. The number of ether oxygens (including phenoxy) is 1. The van der Waals surface area contributed by atoms with Gasteiger partial charge in [0.05, 0.1) is 23.5 Å². The molecule has 4 aromatic rings. The van der Waals surface area contributed by atoms with Crippen LogP contribution in [-0.2, 0) is 0 Å². The molecule has 1 aliphatic rings. The van der Waals surface area contributed by atoms with Crippen molar-refractivity contribution in [3.63, 3.8) is 0 Å². The zero-order valence-electron chi connectivity index (χ0n) is 17.8. The summed E-state index contributed by atoms with van der Waals surface area (Å²) in [6.45, 7) is 0.359. The van der Waals surface area contributed by atoms with E-state index in [0.717, 1.165) is 23.0 Å². The lowest BCUT2D eigenvalue weighted by atomic mass is 10.1. The number of alkyl halides is 3. The van der Waals surface area contributed by atoms with Crippen molar-refractivity contribution in [2.45, 2.75) is 25.2 Å². The maximum atomic E-state index is 13.9. The number of likely N-dealkylation sites (tertiary alicyclic amines) is 1. The van der Waals surface area contributed by atoms with Gasteiger partial charge in [0, 0.05) is 12.6 Å². The number of carbonyl (C=O) groups excluding carboxylic acids is 1. The van der Waals surface area contributed by atoms with Gasteiger partial charge in [-0.1, -0.05) is 17.3 Å². The molecule has 35 heavy (non-hydrogen) atoms. The Labute approximate surface area is 194 Å². The van der Waals surface area contributed by atoms with Gasteiger partial charge in [0.2, 0.25) is 11.7 Å². The van der Waals surface area contributed by atoms with Crippen molar-refractivity contribution < 1.29 is 31.6 Å². The van der Waals surface area contributed by atoms with E-state index in [1.165, 1.54) is 41.6 Å². The second-order valence-corrected chi connectivity index (χ2v) is 7.64. The van der Waals surface area contributed by atoms with Gasteiger partial charge in [-0.25, -0.2) is 4.39 Å². The highest BCUT2D eigenvalue weighted by Crippen LogP contribution is 2.36. The summed E-state index contributed by atoms with van der Waals surface area (Å²) in [5.74, 6) is -1.52. The third kappa shape index (κ3) is 4.56. The molecule has 1 saturated heterocycles. The van der Waals surface area contributed by atoms with Gasteiger partial charge in [-0.05, 0) is 37.1 Å². The van der Waals surface area contributed by atoms with Crippen LogP contribution in [0.1, 0.15) is 35.1 Å². The highest BCUT2D eigenvalue weighted by Gasteiger charge is 2.37. The molecule has 1 amide bonds. The molecule has 0 spiro atoms. The van der Waals surface area contributed by atoms with Gasteiger partial charge in [0.1, 0.15) is 23.3 Å². The summed E-state index contributed by atoms with van der Waals surface area (Å²) in [5, 5.41) is 11.8. The monoisotopic (exact) mass is 488 g/mol. The Morgan fingerprint density at radius 1 is 1.11 bits per heavy atom. The van der Waals surface area contributed by atoms with E-state index in [0.29, 0.717) is 19.4 Å². The van der Waals surface area contributed by atoms with E-state index >= 15 is 0 Å². The first-order valence-electron chi connectivity index (χ1n) is 10.5. The van der Waals surface area contributed by atoms with Crippen LogP contribution in [0.15, 0.2) is 59.4 Å². The molecule has 13 heteroatoms. The van der Waals surface area contributed by atoms with Crippen molar-refractivity contribution in [1.29, 1.82) is 0 Å². The fourth-order valence-electron chi connectivity index (χ4n) is 3.96. The number of rotatable bonds is 5. The Morgan fingerprint density at radius 2 is 1.89 bits per heavy atom. The van der Waals surface area contributed by atoms with Crippen LogP contribution in [0.2, 0.25) is 0 Å². The molecule has 2 aromatic heterocycles. The maximum Gasteiger partial charge on any atom is 0.573 e. The van der Waals surface area contributed by atoms with Crippen LogP contribution in [0.25, 0.3) is 17.1 Å². The number of para-hydroxylation sites is 1. The number of hydrogen-bond donors (Lipinski definition) is 0. The van der Waals surface area contributed by atoms with Crippen molar-refractivity contribution in [3.8, 4) is 22.8 Å². The van der Waals surface area contributed by atoms with E-state index < -0.39 is 29.9 Å². The van der Waals surface area contributed by atoms with E-state index in [4.69, 9.17) is 4.52 Å². The molecule has 0 N–H and O–H groups in total. The zero-order valence-corrected chi connectivity index (χ0v) is 17.8. The quantitative estimate of drug-likeness (QED) is 0.386. The summed E-state index contributed by atoms with van der Waals surface area (Å²) in [6.07, 6.45) is -0.979. The van der Waals surface area contributed by atoms with E-state index in [1.54, 1.807) is 0 Å². The molecule has 0 saturated carbocycles. The minimum Gasteiger partial charge on any atom is -0.405 e. The SMILES string of the molecule is O=C(c1ccc(F)cc1-n1nccn1)N1CCC[C@H]1c1nc(-c2ccccc2OC(F)(F)F)no1. The number of nitrogens with zero attached hydrogens (tertiary/aromatic N) is 6. The smallest absolute Gasteiger partial charge is 0.405 e. The molecule has 0 unspecified atom stereocenters. The number of amides is 1. The lowest BCUT2D eigenvalue weighted by Crippen LogP contribution is -2.31. The van der Waals surface area contributed by atoms with Gasteiger partial charge < -0.3 is 14.2 Å². The predicted octanol–water partition coefficient (Wildman–Crippen LogP) is 4.33. The molecule has 5 rings (SSSR count). The molecule has 0 radical (unpaired) electrons. The Hall–Kier alpha value is -4.29. The summed E-state index contributed by atoms with van der Waals surface area (Å²) in [4.78, 5) is 20.3. The van der Waals surface area contributed by atoms with Gasteiger partial charge in [0.25, 0.3) is 5.91 Å². The third-order valence-electron chi connectivity index (χ3n) is 5.42. The average Bonchev–Trinajstić information content (AvgIpc) is 3.59. The summed E-state index contributed by atoms with van der Waals surface area (Å²) in [6, 6.07) is 8.45. The van der Waals surface area contributed by atoms with Crippen LogP contribution >= 0.6 is 0 Å². The topological polar surface area (TPSA) is 99.2 Å². The molecule has 1 atom stereocenters. The van der Waals surface area contributed by atoms with Crippen molar-refractivity contribution in [3.05, 3.63) is 72.1 Å². The van der Waals surface area contributed by atoms with Crippen molar-refractivity contribution in [2.24, 2.45) is 0 Å². The molecule has 1 fully saturated rings. The number of carbonyl (C=O) groups is 1. The maximum absolute atomic E-state index is 13.9. The van der Waals surface area contributed by atoms with Gasteiger partial charge in [-0.15, -0.1) is 13.2 Å². The first kappa shape index (κ1) is 22.5. The number of halogens is 4. The molecular formula is C22H16F4N6O3. The van der Waals surface area contributed by atoms with Gasteiger partial charge in [0.15, 0.2) is 0 Å². The Bertz CT molecular complexity index is 1360. The fraction of sp³-hybridized carbons (Fsp3) is 0.227. The summed E-state index contributed by atoms with van der Waals surface area (Å²) >= 11 is 0. The first-order chi connectivity index (χ1) is 16.8. The molecule has 0 aliphatic carbocycles. The summed E-state index contributed by atoms with van der Waals surface area (Å²) in [7, 11) is 0. The van der Waals surface area contributed by atoms with E-state index in [9.17, 15) is 22.4 Å². The van der Waals surface area contributed by atoms with Crippen molar-refractivity contribution in [2.75, 3.05) is 6.54 Å². The Kier molecular flexibility index (Phi) is 5.67. The molecule has 0 bridgehead atoms. The molecular weight excluding hydrogens is 472 g/mol. The Balaban J connectivity index is 1.45. The zero-order chi connectivity index (χ0) is 24.6. The van der Waals surface area contributed by atoms with E-state index in [2.05, 4.69) is 25.1 Å². The minimum atomic E-state index is -4.90. The van der Waals surface area contributed by atoms with Crippen molar-refractivity contribution in [1.82, 2.24) is 30.0 Å². The highest BCUT2D eigenvalue weighted by atomic mass is 19.4. The molecule has 1 aliphatic heterocycles. The third-order valence-corrected chi connectivity index (χ3v) is 5.42. The van der Waals surface area contributed by atoms with Crippen LogP contribution in [0.5, 0.6) is 5.75 Å². The highest BCUT2D eigenvalue weighted by molar-refractivity contribution is 5.98. The van der Waals surface area contributed by atoms with Crippen LogP contribution in [0.4, 0.5) is 17.6 Å². The lowest BCUT2D eigenvalue weighted by Gasteiger charge is -2.23. The van der Waals surface area contributed by atoms with Gasteiger partial charge in [-0.3, -0.25) is 4.79 Å². The molecule has 9 nitrogen and oxygen atoms in total. The molecule has 2 aromatic carbocycles. The second-order valence-electron chi connectivity index (χ2n) is 7.64. The second kappa shape index (κ2) is 8.81. The average molecular weight is 488 g/mol. The summed E-state index contributed by atoms with van der Waals surface area (Å²) in [5.41, 5.74) is 0.314. The first-order valence-corrected chi connectivity index (χ1v) is 10.5. The number of aromatic nitrogens is 5. The van der Waals surface area contributed by atoms with Crippen LogP contribution < -0.4 is 4.74 Å². The number of hydrogen-bond acceptors (Lipinski definition) is 7. The predicted molar refractivity (Wildman–Crippen MR) is 111 cm³/mol. The van der Waals surface area contributed by atoms with Gasteiger partial charge in [-0.2, -0.15) is 20.0 Å². The molecule has 180 valence electrons. The summed E-state index contributed by atoms with van der Waals surface area (Å²) < 4.78 is 61.7. The molecule has 3 heterocycles. The fourth-order valence-corrected chi connectivity index (χ4v) is 3.96. The van der Waals surface area contributed by atoms with E-state index in [1.807, 2.05) is 0 Å². The van der Waals surface area contributed by atoms with Gasteiger partial charge >= 0.3 is 6.36 Å². The number of benzene rings is 2. The van der Waals surface area contributed by atoms with Crippen LogP contribution in [0.3, 0.4) is 0 Å². The van der Waals surface area contributed by atoms with Crippen molar-refractivity contribution >= 4 is 5.91 Å². The normalized spacial score (nSPS) is 16.0. The Morgan fingerprint density at radius 3 is 2.66 bits per heavy atom. The van der Waals surface area contributed by atoms with E-state index in [-0.39, 0.29) is 28.5 Å². The van der Waals surface area contributed by atoms with Crippen LogP contribution in [-0.4, -0.2) is 48.8 Å².